The van der Waals surface area contributed by atoms with Crippen molar-refractivity contribution in [3.8, 4) is 5.75 Å². The molecule has 0 atom stereocenters. The van der Waals surface area contributed by atoms with Crippen molar-refractivity contribution < 1.29 is 19.2 Å². The van der Waals surface area contributed by atoms with Crippen LogP contribution in [0.4, 0.5) is 5.82 Å². The van der Waals surface area contributed by atoms with Gasteiger partial charge in [0.1, 0.15) is 5.75 Å². The van der Waals surface area contributed by atoms with Crippen molar-refractivity contribution in [1.82, 2.24) is 15.2 Å². The molecular weight excluding hydrogens is 342 g/mol. The number of carbonyl (C=O) groups excluding carboxylic acids is 1. The minimum atomic E-state index is -0.590. The summed E-state index contributed by atoms with van der Waals surface area (Å²) in [6, 6.07) is 6.72. The molecule has 1 amide bonds. The van der Waals surface area contributed by atoms with Crippen LogP contribution < -0.4 is 10.2 Å². The van der Waals surface area contributed by atoms with Crippen molar-refractivity contribution in [2.24, 2.45) is 5.10 Å². The van der Waals surface area contributed by atoms with Crippen molar-refractivity contribution in [2.75, 3.05) is 14.2 Å². The number of hydrogen-bond acceptors (Lipinski definition) is 7. The first-order valence-electron chi connectivity index (χ1n) is 7.69. The SMILES string of the molecule is COCc1cc(/C=N\NC(=O)CCn2ccc([N+](=O)[O-])n2)ccc1OC. The fraction of sp³-hybridized carbons (Fsp3) is 0.312. The Kier molecular flexibility index (Phi) is 6.80. The number of amides is 1. The van der Waals surface area contributed by atoms with E-state index in [0.29, 0.717) is 12.4 Å². The maximum absolute atomic E-state index is 11.8. The highest BCUT2D eigenvalue weighted by atomic mass is 16.6. The highest BCUT2D eigenvalue weighted by Gasteiger charge is 2.11. The van der Waals surface area contributed by atoms with Crippen LogP contribution in [0.1, 0.15) is 17.5 Å². The fourth-order valence-electron chi connectivity index (χ4n) is 2.17. The van der Waals surface area contributed by atoms with Crippen LogP contribution in [0.5, 0.6) is 5.75 Å². The van der Waals surface area contributed by atoms with Crippen molar-refractivity contribution in [2.45, 2.75) is 19.6 Å². The average Bonchev–Trinajstić information content (AvgIpc) is 3.10. The number of rotatable bonds is 9. The Labute approximate surface area is 149 Å². The predicted octanol–water partition coefficient (Wildman–Crippen LogP) is 1.49. The zero-order chi connectivity index (χ0) is 18.9. The second-order valence-corrected chi connectivity index (χ2v) is 5.24. The van der Waals surface area contributed by atoms with Gasteiger partial charge in [0.25, 0.3) is 0 Å². The quantitative estimate of drug-likeness (QED) is 0.410. The lowest BCUT2D eigenvalue weighted by atomic mass is 10.1. The second kappa shape index (κ2) is 9.28. The van der Waals surface area contributed by atoms with Crippen LogP contribution in [-0.4, -0.2) is 41.0 Å². The monoisotopic (exact) mass is 361 g/mol. The minimum Gasteiger partial charge on any atom is -0.496 e. The van der Waals surface area contributed by atoms with E-state index >= 15 is 0 Å². The number of hydrogen-bond donors (Lipinski definition) is 1. The van der Waals surface area contributed by atoms with E-state index in [0.717, 1.165) is 11.1 Å². The molecule has 10 heteroatoms. The number of hydrazone groups is 1. The number of nitro groups is 1. The molecule has 0 aliphatic rings. The van der Waals surface area contributed by atoms with Gasteiger partial charge in [0.15, 0.2) is 0 Å². The molecule has 0 radical (unpaired) electrons. The highest BCUT2D eigenvalue weighted by Crippen LogP contribution is 2.19. The van der Waals surface area contributed by atoms with E-state index < -0.39 is 4.92 Å². The van der Waals surface area contributed by atoms with Gasteiger partial charge >= 0.3 is 5.82 Å². The molecule has 1 aromatic carbocycles. The van der Waals surface area contributed by atoms with Gasteiger partial charge in [0, 0.05) is 19.1 Å². The minimum absolute atomic E-state index is 0.0910. The normalized spacial score (nSPS) is 10.8. The number of nitrogens with one attached hydrogen (secondary N) is 1. The van der Waals surface area contributed by atoms with E-state index in [1.807, 2.05) is 6.07 Å². The predicted molar refractivity (Wildman–Crippen MR) is 92.9 cm³/mol. The van der Waals surface area contributed by atoms with Crippen LogP contribution in [0.3, 0.4) is 0 Å². The number of methoxy groups -OCH3 is 2. The summed E-state index contributed by atoms with van der Waals surface area (Å²) < 4.78 is 11.7. The van der Waals surface area contributed by atoms with E-state index in [1.54, 1.807) is 26.4 Å². The van der Waals surface area contributed by atoms with Crippen LogP contribution in [0.15, 0.2) is 35.6 Å². The summed E-state index contributed by atoms with van der Waals surface area (Å²) in [5.41, 5.74) is 4.05. The lowest BCUT2D eigenvalue weighted by molar-refractivity contribution is -0.389. The first-order chi connectivity index (χ1) is 12.5. The molecule has 0 spiro atoms. The maximum atomic E-state index is 11.8. The van der Waals surface area contributed by atoms with Gasteiger partial charge in [-0.1, -0.05) is 0 Å². The largest absolute Gasteiger partial charge is 0.496 e. The summed E-state index contributed by atoms with van der Waals surface area (Å²) in [5, 5.41) is 18.2. The van der Waals surface area contributed by atoms with E-state index in [-0.39, 0.29) is 24.7 Å². The molecule has 10 nitrogen and oxygen atoms in total. The number of aromatic nitrogens is 2. The Morgan fingerprint density at radius 3 is 2.88 bits per heavy atom. The molecule has 0 bridgehead atoms. The molecule has 1 aromatic heterocycles. The standard InChI is InChI=1S/C16H19N5O5/c1-25-11-13-9-12(3-4-14(13)26-2)10-17-18-16(22)6-8-20-7-5-15(19-20)21(23)24/h3-5,7,9-10H,6,8,11H2,1-2H3,(H,18,22)/b17-10-. The van der Waals surface area contributed by atoms with Crippen molar-refractivity contribution in [1.29, 1.82) is 0 Å². The first-order valence-corrected chi connectivity index (χ1v) is 7.69. The highest BCUT2D eigenvalue weighted by molar-refractivity contribution is 5.82. The number of carbonyl (C=O) groups is 1. The van der Waals surface area contributed by atoms with Gasteiger partial charge in [0.05, 0.1) is 43.8 Å². The molecule has 2 rings (SSSR count). The van der Waals surface area contributed by atoms with Crippen LogP contribution >= 0.6 is 0 Å². The number of ether oxygens (including phenoxy) is 2. The third kappa shape index (κ3) is 5.38. The Bertz CT molecular complexity index is 802. The summed E-state index contributed by atoms with van der Waals surface area (Å²) in [6.45, 7) is 0.614. The van der Waals surface area contributed by atoms with Gasteiger partial charge in [-0.15, -0.1) is 0 Å². The third-order valence-corrected chi connectivity index (χ3v) is 3.39. The molecule has 26 heavy (non-hydrogen) atoms. The molecule has 2 aromatic rings. The molecule has 0 aliphatic heterocycles. The van der Waals surface area contributed by atoms with E-state index in [9.17, 15) is 14.9 Å². The van der Waals surface area contributed by atoms with Gasteiger partial charge in [-0.25, -0.2) is 5.43 Å². The summed E-state index contributed by atoms with van der Waals surface area (Å²) in [6.07, 6.45) is 3.05. The topological polar surface area (TPSA) is 121 Å². The second-order valence-electron chi connectivity index (χ2n) is 5.24. The zero-order valence-corrected chi connectivity index (χ0v) is 14.4. The molecule has 1 N–H and O–H groups in total. The van der Waals surface area contributed by atoms with Gasteiger partial charge in [-0.2, -0.15) is 9.78 Å². The van der Waals surface area contributed by atoms with E-state index in [2.05, 4.69) is 15.6 Å². The number of aryl methyl sites for hydroxylation is 1. The van der Waals surface area contributed by atoms with E-state index in [1.165, 1.54) is 23.2 Å². The Hall–Kier alpha value is -3.27. The molecule has 0 unspecified atom stereocenters. The molecular formula is C16H19N5O5. The Morgan fingerprint density at radius 1 is 1.42 bits per heavy atom. The average molecular weight is 361 g/mol. The number of nitrogens with zero attached hydrogens (tertiary/aromatic N) is 4. The van der Waals surface area contributed by atoms with Crippen LogP contribution in [0.25, 0.3) is 0 Å². The van der Waals surface area contributed by atoms with Crippen LogP contribution in [-0.2, 0) is 22.7 Å². The lowest BCUT2D eigenvalue weighted by Crippen LogP contribution is -2.19. The first kappa shape index (κ1) is 19.1. The van der Waals surface area contributed by atoms with Crippen molar-refractivity contribution in [3.63, 3.8) is 0 Å². The summed E-state index contributed by atoms with van der Waals surface area (Å²) in [4.78, 5) is 21.7. The van der Waals surface area contributed by atoms with Crippen molar-refractivity contribution in [3.05, 3.63) is 51.7 Å². The number of benzene rings is 1. The molecule has 0 fully saturated rings. The van der Waals surface area contributed by atoms with Gasteiger partial charge in [0.2, 0.25) is 5.91 Å². The Morgan fingerprint density at radius 2 is 2.23 bits per heavy atom. The van der Waals surface area contributed by atoms with Crippen molar-refractivity contribution >= 4 is 17.9 Å². The summed E-state index contributed by atoms with van der Waals surface area (Å²) in [7, 11) is 3.17. The Balaban J connectivity index is 1.86. The van der Waals surface area contributed by atoms with Crippen LogP contribution in [0.2, 0.25) is 0 Å². The molecule has 1 heterocycles. The zero-order valence-electron chi connectivity index (χ0n) is 14.4. The summed E-state index contributed by atoms with van der Waals surface area (Å²) >= 11 is 0. The molecule has 0 saturated heterocycles. The molecule has 138 valence electrons. The lowest BCUT2D eigenvalue weighted by Gasteiger charge is -2.08. The van der Waals surface area contributed by atoms with Gasteiger partial charge in [-0.05, 0) is 28.7 Å². The third-order valence-electron chi connectivity index (χ3n) is 3.39. The summed E-state index contributed by atoms with van der Waals surface area (Å²) in [5.74, 6) is 0.126. The fourth-order valence-corrected chi connectivity index (χ4v) is 2.17. The maximum Gasteiger partial charge on any atom is 0.389 e. The molecule has 0 saturated carbocycles. The smallest absolute Gasteiger partial charge is 0.389 e. The van der Waals surface area contributed by atoms with Gasteiger partial charge < -0.3 is 19.6 Å². The van der Waals surface area contributed by atoms with E-state index in [4.69, 9.17) is 9.47 Å². The van der Waals surface area contributed by atoms with Crippen LogP contribution in [0, 0.1) is 10.1 Å². The van der Waals surface area contributed by atoms with Gasteiger partial charge in [-0.3, -0.25) is 4.79 Å². The molecule has 0 aliphatic carbocycles.